The largest absolute Gasteiger partial charge is 0.310 e. The summed E-state index contributed by atoms with van der Waals surface area (Å²) in [6, 6.07) is 61.2. The van der Waals surface area contributed by atoms with Crippen LogP contribution in [0.4, 0.5) is 17.1 Å². The van der Waals surface area contributed by atoms with E-state index in [-0.39, 0.29) is 0 Å². The van der Waals surface area contributed by atoms with E-state index in [1.807, 2.05) is 0 Å². The van der Waals surface area contributed by atoms with Crippen LogP contribution in [0.15, 0.2) is 164 Å². The van der Waals surface area contributed by atoms with Gasteiger partial charge in [-0.05, 0) is 133 Å². The van der Waals surface area contributed by atoms with E-state index in [9.17, 15) is 0 Å². The third kappa shape index (κ3) is 3.62. The molecule has 0 N–H and O–H groups in total. The van der Waals surface area contributed by atoms with Gasteiger partial charge in [-0.3, -0.25) is 0 Å². The van der Waals surface area contributed by atoms with Crippen molar-refractivity contribution in [3.63, 3.8) is 0 Å². The van der Waals surface area contributed by atoms with Gasteiger partial charge in [-0.25, -0.2) is 0 Å². The van der Waals surface area contributed by atoms with Crippen LogP contribution in [0.2, 0.25) is 0 Å². The molecule has 2 aliphatic carbocycles. The van der Waals surface area contributed by atoms with E-state index >= 15 is 0 Å². The molecule has 1 nitrogen and oxygen atoms in total. The van der Waals surface area contributed by atoms with Gasteiger partial charge in [0.2, 0.25) is 0 Å². The maximum Gasteiger partial charge on any atom is 0.0731 e. The number of hydrogen-bond donors (Lipinski definition) is 0. The van der Waals surface area contributed by atoms with Gasteiger partial charge in [-0.2, -0.15) is 0 Å². The van der Waals surface area contributed by atoms with Gasteiger partial charge in [0, 0.05) is 17.1 Å². The lowest BCUT2D eigenvalue weighted by Gasteiger charge is -2.32. The summed E-state index contributed by atoms with van der Waals surface area (Å²) in [5.41, 5.74) is 16.5. The average Bonchev–Trinajstić information content (AvgIpc) is 3.59. The Hall–Kier alpha value is -5.92. The zero-order valence-corrected chi connectivity index (χ0v) is 27.0. The lowest BCUT2D eigenvalue weighted by atomic mass is 9.69. The van der Waals surface area contributed by atoms with Crippen LogP contribution in [0.5, 0.6) is 0 Å². The maximum atomic E-state index is 2.47. The minimum Gasteiger partial charge on any atom is -0.310 e. The monoisotopic (exact) mass is 611 g/mol. The molecule has 0 aromatic heterocycles. The summed E-state index contributed by atoms with van der Waals surface area (Å²) in [6.45, 7) is 4.38. The molecule has 0 fully saturated rings. The first-order chi connectivity index (χ1) is 23.6. The highest BCUT2D eigenvalue weighted by Gasteiger charge is 2.52. The summed E-state index contributed by atoms with van der Waals surface area (Å²) in [7, 11) is 0. The Labute approximate surface area is 281 Å². The van der Waals surface area contributed by atoms with Crippen molar-refractivity contribution in [2.75, 3.05) is 4.90 Å². The first-order valence-corrected chi connectivity index (χ1v) is 16.9. The van der Waals surface area contributed by atoms with E-state index < -0.39 is 5.41 Å². The van der Waals surface area contributed by atoms with Gasteiger partial charge < -0.3 is 4.90 Å². The summed E-state index contributed by atoms with van der Waals surface area (Å²) in [4.78, 5) is 2.41. The smallest absolute Gasteiger partial charge is 0.0731 e. The number of anilines is 3. The molecular weight excluding hydrogens is 579 g/mol. The van der Waals surface area contributed by atoms with E-state index in [0.717, 1.165) is 11.4 Å². The molecule has 0 radical (unpaired) electrons. The number of para-hydroxylation sites is 1. The van der Waals surface area contributed by atoms with Crippen LogP contribution in [0.3, 0.4) is 0 Å². The number of fused-ring (bicyclic) bond motifs is 13. The Bertz CT molecular complexity index is 2550. The van der Waals surface area contributed by atoms with Crippen LogP contribution in [0, 0.1) is 13.8 Å². The van der Waals surface area contributed by atoms with Crippen molar-refractivity contribution in [2.24, 2.45) is 0 Å². The van der Waals surface area contributed by atoms with Crippen molar-refractivity contribution in [3.8, 4) is 22.3 Å². The summed E-state index contributed by atoms with van der Waals surface area (Å²) in [5.74, 6) is 0. The van der Waals surface area contributed by atoms with Crippen LogP contribution in [-0.2, 0) is 5.41 Å². The molecule has 1 heteroatoms. The van der Waals surface area contributed by atoms with Crippen molar-refractivity contribution >= 4 is 38.6 Å². The second kappa shape index (κ2) is 10.0. The van der Waals surface area contributed by atoms with Gasteiger partial charge in [-0.15, -0.1) is 0 Å². The number of nitrogens with zero attached hydrogens (tertiary/aromatic N) is 1. The van der Waals surface area contributed by atoms with Crippen LogP contribution in [-0.4, -0.2) is 0 Å². The Morgan fingerprint density at radius 3 is 1.83 bits per heavy atom. The third-order valence-corrected chi connectivity index (χ3v) is 10.8. The van der Waals surface area contributed by atoms with E-state index in [1.54, 1.807) is 0 Å². The number of hydrogen-bond acceptors (Lipinski definition) is 1. The molecule has 0 aliphatic heterocycles. The third-order valence-electron chi connectivity index (χ3n) is 10.8. The molecule has 0 saturated heterocycles. The quantitative estimate of drug-likeness (QED) is 0.192. The molecule has 0 atom stereocenters. The van der Waals surface area contributed by atoms with Crippen LogP contribution in [0.25, 0.3) is 43.8 Å². The first-order valence-electron chi connectivity index (χ1n) is 16.9. The molecule has 0 unspecified atom stereocenters. The van der Waals surface area contributed by atoms with E-state index in [2.05, 4.69) is 183 Å². The highest BCUT2D eigenvalue weighted by molar-refractivity contribution is 6.07. The van der Waals surface area contributed by atoms with Gasteiger partial charge >= 0.3 is 0 Å². The van der Waals surface area contributed by atoms with Crippen molar-refractivity contribution in [1.29, 1.82) is 0 Å². The molecule has 0 saturated carbocycles. The normalized spacial score (nSPS) is 13.4. The molecule has 8 aromatic rings. The summed E-state index contributed by atoms with van der Waals surface area (Å²) in [6.07, 6.45) is 0. The second-order valence-electron chi connectivity index (χ2n) is 13.4. The predicted octanol–water partition coefficient (Wildman–Crippen LogP) is 12.4. The fourth-order valence-corrected chi connectivity index (χ4v) is 8.75. The summed E-state index contributed by atoms with van der Waals surface area (Å²) < 4.78 is 0. The van der Waals surface area contributed by atoms with Crippen LogP contribution >= 0.6 is 0 Å². The summed E-state index contributed by atoms with van der Waals surface area (Å²) in [5, 5.41) is 5.11. The fourth-order valence-electron chi connectivity index (χ4n) is 8.75. The Morgan fingerprint density at radius 2 is 1.08 bits per heavy atom. The van der Waals surface area contributed by atoms with E-state index in [1.165, 1.54) is 82.9 Å². The van der Waals surface area contributed by atoms with Gasteiger partial charge in [0.1, 0.15) is 0 Å². The predicted molar refractivity (Wildman–Crippen MR) is 202 cm³/mol. The molecule has 8 aromatic carbocycles. The highest BCUT2D eigenvalue weighted by atomic mass is 15.1. The number of benzene rings is 8. The summed E-state index contributed by atoms with van der Waals surface area (Å²) >= 11 is 0. The number of aryl methyl sites for hydroxylation is 2. The topological polar surface area (TPSA) is 3.24 Å². The number of rotatable bonds is 3. The second-order valence-corrected chi connectivity index (χ2v) is 13.4. The molecule has 226 valence electrons. The standard InChI is InChI=1S/C47H33N/c1-30-20-21-31(2)45(26-30)48(35-14-4-3-5-15-35)36-23-25-37-34(27-36)22-24-40-41-28-32-12-6-7-13-33(32)29-44(41)47(46(37)40)42-18-10-8-16-38(42)39-17-9-11-19-43(39)47/h3-29H,1-2H3. The van der Waals surface area contributed by atoms with Crippen molar-refractivity contribution in [2.45, 2.75) is 19.3 Å². The van der Waals surface area contributed by atoms with Crippen LogP contribution in [0.1, 0.15) is 33.4 Å². The molecule has 0 amide bonds. The molecule has 10 rings (SSSR count). The molecule has 1 spiro atoms. The van der Waals surface area contributed by atoms with Gasteiger partial charge in [0.15, 0.2) is 0 Å². The van der Waals surface area contributed by atoms with E-state index in [4.69, 9.17) is 0 Å². The molecular formula is C47H33N. The lowest BCUT2D eigenvalue weighted by Crippen LogP contribution is -2.26. The SMILES string of the molecule is Cc1ccc(C)c(N(c2ccccc2)c2ccc3c4c(ccc3c2)-c2cc3ccccc3cc2C42c3ccccc3-c3ccccc32)c1. The van der Waals surface area contributed by atoms with Crippen LogP contribution < -0.4 is 4.90 Å². The maximum absolute atomic E-state index is 2.47. The van der Waals surface area contributed by atoms with Gasteiger partial charge in [-0.1, -0.05) is 121 Å². The van der Waals surface area contributed by atoms with Crippen molar-refractivity contribution in [3.05, 3.63) is 197 Å². The highest BCUT2D eigenvalue weighted by Crippen LogP contribution is 2.64. The molecule has 0 heterocycles. The minimum atomic E-state index is -0.408. The van der Waals surface area contributed by atoms with Crippen molar-refractivity contribution in [1.82, 2.24) is 0 Å². The molecule has 2 aliphatic rings. The first kappa shape index (κ1) is 27.2. The molecule has 48 heavy (non-hydrogen) atoms. The van der Waals surface area contributed by atoms with Gasteiger partial charge in [0.05, 0.1) is 5.41 Å². The van der Waals surface area contributed by atoms with E-state index in [0.29, 0.717) is 0 Å². The van der Waals surface area contributed by atoms with Gasteiger partial charge in [0.25, 0.3) is 0 Å². The Morgan fingerprint density at radius 1 is 0.417 bits per heavy atom. The average molecular weight is 612 g/mol. The Kier molecular flexibility index (Phi) is 5.69. The zero-order valence-electron chi connectivity index (χ0n) is 27.0. The molecule has 0 bridgehead atoms. The lowest BCUT2D eigenvalue weighted by molar-refractivity contribution is 0.802. The zero-order chi connectivity index (χ0) is 32.0. The Balaban J connectivity index is 1.29. The van der Waals surface area contributed by atoms with Crippen molar-refractivity contribution < 1.29 is 0 Å². The fraction of sp³-hybridized carbons (Fsp3) is 0.0638. The minimum absolute atomic E-state index is 0.408.